The zero-order chi connectivity index (χ0) is 40.2. The molecular weight excluding hydrogens is 720 g/mol. The van der Waals surface area contributed by atoms with E-state index >= 15 is 0 Å². The van der Waals surface area contributed by atoms with Gasteiger partial charge in [-0.05, 0) is 78.3 Å². The third-order valence-electron chi connectivity index (χ3n) is 8.30. The summed E-state index contributed by atoms with van der Waals surface area (Å²) in [4.78, 5) is 101. The SMILES string of the molecule is C.C.CNC(CCCCNC(=O)CN(CC(=O)NCCCCC(NC)C(N)=O)C(=O)CCCN(C)C(=O)[C@H](CCCCNC(=O)OC)NC(=O)OC)C(N)=O. The van der Waals surface area contributed by atoms with Gasteiger partial charge in [-0.2, -0.15) is 0 Å². The maximum atomic E-state index is 13.3. The summed E-state index contributed by atoms with van der Waals surface area (Å²) in [6.45, 7) is 0.281. The first kappa shape index (κ1) is 54.6. The minimum Gasteiger partial charge on any atom is -0.453 e. The average Bonchev–Trinajstić information content (AvgIpc) is 3.12. The summed E-state index contributed by atoms with van der Waals surface area (Å²) in [5.74, 6) is -2.76. The standard InChI is InChI=1S/C33H62N10O10.2CH4/c1-36-23(29(34)47)13-6-9-17-38-26(44)21-43(22-27(45)39-18-10-7-14-24(37-2)30(35)48)28(46)16-12-20-42(3)31(49)25(41-33(51)53-5)15-8-11-19-40-32(50)52-4;;/h23-25,36-37H,6-22H2,1-5H3,(H2,34,47)(H2,35,48)(H,38,44)(H,39,45)(H,40,50)(H,41,51);2*1H4/t23?,24?,25-;;/m0../s1. The molecule has 0 rings (SSSR count). The van der Waals surface area contributed by atoms with E-state index in [2.05, 4.69) is 41.4 Å². The molecule has 20 heteroatoms. The molecule has 0 fully saturated rings. The minimum absolute atomic E-state index is 0. The number of amides is 8. The van der Waals surface area contributed by atoms with Crippen molar-refractivity contribution in [3.8, 4) is 0 Å². The summed E-state index contributed by atoms with van der Waals surface area (Å²) in [6.07, 6.45) is 3.38. The van der Waals surface area contributed by atoms with E-state index in [1.165, 1.54) is 26.2 Å². The molecule has 0 aliphatic heterocycles. The van der Waals surface area contributed by atoms with Crippen molar-refractivity contribution in [3.05, 3.63) is 0 Å². The largest absolute Gasteiger partial charge is 0.453 e. The maximum absolute atomic E-state index is 13.3. The first-order valence-electron chi connectivity index (χ1n) is 17.9. The molecule has 0 radical (unpaired) electrons. The van der Waals surface area contributed by atoms with Gasteiger partial charge in [0.2, 0.25) is 35.4 Å². The number of nitrogens with one attached hydrogen (secondary N) is 6. The lowest BCUT2D eigenvalue weighted by molar-refractivity contribution is -0.139. The van der Waals surface area contributed by atoms with Crippen molar-refractivity contribution in [2.24, 2.45) is 11.5 Å². The lowest BCUT2D eigenvalue weighted by atomic mass is 10.1. The number of nitrogens with zero attached hydrogens (tertiary/aromatic N) is 2. The van der Waals surface area contributed by atoms with E-state index in [-0.39, 0.29) is 66.8 Å². The van der Waals surface area contributed by atoms with Crippen molar-refractivity contribution >= 4 is 47.6 Å². The molecule has 8 amide bonds. The molecule has 0 spiro atoms. The molecule has 55 heavy (non-hydrogen) atoms. The van der Waals surface area contributed by atoms with Crippen LogP contribution in [0.5, 0.6) is 0 Å². The van der Waals surface area contributed by atoms with Gasteiger partial charge in [-0.15, -0.1) is 0 Å². The lowest BCUT2D eigenvalue weighted by Gasteiger charge is -2.25. The monoisotopic (exact) mass is 791 g/mol. The number of likely N-dealkylation sites (N-methyl/N-ethyl adjacent to an activating group) is 3. The first-order valence-corrected chi connectivity index (χ1v) is 17.9. The van der Waals surface area contributed by atoms with E-state index < -0.39 is 65.8 Å². The molecular formula is C35H70N10O10. The third-order valence-corrected chi connectivity index (χ3v) is 8.30. The van der Waals surface area contributed by atoms with E-state index in [4.69, 9.17) is 11.5 Å². The first-order chi connectivity index (χ1) is 25.2. The Kier molecular flexibility index (Phi) is 32.5. The molecule has 0 bridgehead atoms. The highest BCUT2D eigenvalue weighted by Crippen LogP contribution is 2.08. The fourth-order valence-electron chi connectivity index (χ4n) is 5.15. The van der Waals surface area contributed by atoms with Crippen LogP contribution in [0.25, 0.3) is 0 Å². The number of methoxy groups -OCH3 is 2. The summed E-state index contributed by atoms with van der Waals surface area (Å²) >= 11 is 0. The highest BCUT2D eigenvalue weighted by atomic mass is 16.5. The Labute approximate surface area is 326 Å². The minimum atomic E-state index is -0.912. The number of hydrogen-bond acceptors (Lipinski definition) is 12. The van der Waals surface area contributed by atoms with Crippen LogP contribution in [0, 0.1) is 0 Å². The second kappa shape index (κ2) is 32.7. The normalized spacial score (nSPS) is 11.9. The van der Waals surface area contributed by atoms with E-state index in [1.54, 1.807) is 14.1 Å². The number of ether oxygens (including phenoxy) is 2. The highest BCUT2D eigenvalue weighted by Gasteiger charge is 2.25. The Balaban J connectivity index is -0.0000135. The van der Waals surface area contributed by atoms with Gasteiger partial charge >= 0.3 is 12.2 Å². The Hall–Kier alpha value is -4.72. The van der Waals surface area contributed by atoms with Crippen molar-refractivity contribution in [3.63, 3.8) is 0 Å². The number of primary amides is 2. The Morgan fingerprint density at radius 2 is 1.02 bits per heavy atom. The predicted molar refractivity (Wildman–Crippen MR) is 208 cm³/mol. The Morgan fingerprint density at radius 1 is 0.600 bits per heavy atom. The topological polar surface area (TPSA) is 286 Å². The van der Waals surface area contributed by atoms with Crippen LogP contribution in [0.15, 0.2) is 0 Å². The van der Waals surface area contributed by atoms with Crippen LogP contribution < -0.4 is 43.4 Å². The summed E-state index contributed by atoms with van der Waals surface area (Å²) < 4.78 is 9.18. The van der Waals surface area contributed by atoms with Crippen LogP contribution >= 0.6 is 0 Å². The number of unbranched alkanes of at least 4 members (excludes halogenated alkanes) is 3. The fraction of sp³-hybridized carbons (Fsp3) is 0.771. The average molecular weight is 791 g/mol. The maximum Gasteiger partial charge on any atom is 0.407 e. The molecule has 0 aliphatic rings. The van der Waals surface area contributed by atoms with E-state index in [1.807, 2.05) is 0 Å². The Bertz CT molecular complexity index is 1130. The van der Waals surface area contributed by atoms with E-state index in [9.17, 15) is 38.4 Å². The second-order valence-corrected chi connectivity index (χ2v) is 12.4. The van der Waals surface area contributed by atoms with Crippen molar-refractivity contribution in [2.75, 3.05) is 74.6 Å². The molecule has 0 aromatic carbocycles. The zero-order valence-electron chi connectivity index (χ0n) is 31.9. The fourth-order valence-corrected chi connectivity index (χ4v) is 5.15. The van der Waals surface area contributed by atoms with Gasteiger partial charge in [0.05, 0.1) is 26.3 Å². The van der Waals surface area contributed by atoms with Gasteiger partial charge in [-0.1, -0.05) is 14.9 Å². The van der Waals surface area contributed by atoms with Crippen LogP contribution in [-0.4, -0.2) is 150 Å². The molecule has 0 aromatic heterocycles. The van der Waals surface area contributed by atoms with Crippen molar-refractivity contribution < 1.29 is 47.8 Å². The van der Waals surface area contributed by atoms with Crippen LogP contribution in [-0.2, 0) is 38.2 Å². The molecule has 20 nitrogen and oxygen atoms in total. The molecule has 320 valence electrons. The van der Waals surface area contributed by atoms with Crippen molar-refractivity contribution in [1.29, 1.82) is 0 Å². The van der Waals surface area contributed by atoms with Crippen LogP contribution in [0.2, 0.25) is 0 Å². The zero-order valence-corrected chi connectivity index (χ0v) is 31.9. The molecule has 2 unspecified atom stereocenters. The highest BCUT2D eigenvalue weighted by molar-refractivity contribution is 5.89. The summed E-state index contributed by atoms with van der Waals surface area (Å²) in [5.41, 5.74) is 10.7. The molecule has 3 atom stereocenters. The smallest absolute Gasteiger partial charge is 0.407 e. The number of carbonyl (C=O) groups is 8. The lowest BCUT2D eigenvalue weighted by Crippen LogP contribution is -2.48. The van der Waals surface area contributed by atoms with Crippen LogP contribution in [0.4, 0.5) is 9.59 Å². The van der Waals surface area contributed by atoms with Crippen molar-refractivity contribution in [1.82, 2.24) is 41.7 Å². The summed E-state index contributed by atoms with van der Waals surface area (Å²) in [5, 5.41) is 16.2. The van der Waals surface area contributed by atoms with Gasteiger partial charge in [0.25, 0.3) is 0 Å². The van der Waals surface area contributed by atoms with E-state index in [0.717, 1.165) is 4.90 Å². The molecule has 0 saturated carbocycles. The van der Waals surface area contributed by atoms with Gasteiger partial charge in [0.15, 0.2) is 0 Å². The molecule has 0 aromatic rings. The Morgan fingerprint density at radius 3 is 1.42 bits per heavy atom. The second-order valence-electron chi connectivity index (χ2n) is 12.4. The quantitative estimate of drug-likeness (QED) is 0.0437. The predicted octanol–water partition coefficient (Wildman–Crippen LogP) is -0.704. The van der Waals surface area contributed by atoms with Crippen molar-refractivity contribution in [2.45, 2.75) is 104 Å². The van der Waals surface area contributed by atoms with Gasteiger partial charge in [0.1, 0.15) is 19.1 Å². The van der Waals surface area contributed by atoms with Gasteiger partial charge in [0, 0.05) is 39.6 Å². The summed E-state index contributed by atoms with van der Waals surface area (Å²) in [6, 6.07) is -1.86. The summed E-state index contributed by atoms with van der Waals surface area (Å²) in [7, 11) is 7.22. The van der Waals surface area contributed by atoms with E-state index in [0.29, 0.717) is 57.9 Å². The van der Waals surface area contributed by atoms with Gasteiger partial charge < -0.3 is 62.6 Å². The third kappa shape index (κ3) is 25.9. The number of nitrogens with two attached hydrogens (primary N) is 2. The number of hydrogen-bond donors (Lipinski definition) is 8. The van der Waals surface area contributed by atoms with Crippen LogP contribution in [0.1, 0.15) is 85.5 Å². The molecule has 0 aliphatic carbocycles. The van der Waals surface area contributed by atoms with Gasteiger partial charge in [-0.3, -0.25) is 28.8 Å². The number of alkyl carbamates (subject to hydrolysis) is 2. The molecule has 0 saturated heterocycles. The number of rotatable bonds is 29. The molecule has 10 N–H and O–H groups in total. The van der Waals surface area contributed by atoms with Crippen LogP contribution in [0.3, 0.4) is 0 Å². The molecule has 0 heterocycles. The van der Waals surface area contributed by atoms with Gasteiger partial charge in [-0.25, -0.2) is 9.59 Å². The number of carbonyl (C=O) groups excluding carboxylic acids is 8.